The number of dihydropyridines is 1. The molecule has 0 radical (unpaired) electrons. The SMILES string of the molecule is CC1=C(C(=O)O)C(c2c(F)c(F)c(F)c(F)c2F)C2=C(CN(Cc3ccccc3)CC2=O)N1. The van der Waals surface area contributed by atoms with Crippen LogP contribution in [0.3, 0.4) is 0 Å². The number of benzene rings is 2. The number of carboxylic acids is 1. The van der Waals surface area contributed by atoms with Gasteiger partial charge in [-0.25, -0.2) is 26.7 Å². The summed E-state index contributed by atoms with van der Waals surface area (Å²) in [5.41, 5.74) is -1.38. The molecule has 172 valence electrons. The molecule has 5 nitrogen and oxygen atoms in total. The number of rotatable bonds is 4. The molecule has 2 aromatic carbocycles. The number of nitrogens with one attached hydrogen (secondary N) is 1. The molecule has 2 aliphatic heterocycles. The van der Waals surface area contributed by atoms with Gasteiger partial charge in [0.25, 0.3) is 0 Å². The van der Waals surface area contributed by atoms with E-state index in [4.69, 9.17) is 0 Å². The molecule has 0 saturated heterocycles. The summed E-state index contributed by atoms with van der Waals surface area (Å²) in [4.78, 5) is 26.8. The van der Waals surface area contributed by atoms with Gasteiger partial charge in [0, 0.05) is 35.6 Å². The molecule has 2 heterocycles. The third-order valence-electron chi connectivity index (χ3n) is 5.71. The Labute approximate surface area is 184 Å². The summed E-state index contributed by atoms with van der Waals surface area (Å²) >= 11 is 0. The summed E-state index contributed by atoms with van der Waals surface area (Å²) in [6, 6.07) is 9.14. The average molecular weight is 464 g/mol. The fraction of sp³-hybridized carbons (Fsp3) is 0.217. The second kappa shape index (κ2) is 8.43. The van der Waals surface area contributed by atoms with E-state index >= 15 is 0 Å². The van der Waals surface area contributed by atoms with Crippen LogP contribution < -0.4 is 5.32 Å². The van der Waals surface area contributed by atoms with E-state index < -0.39 is 57.9 Å². The van der Waals surface area contributed by atoms with Crippen LogP contribution in [0.15, 0.2) is 52.9 Å². The van der Waals surface area contributed by atoms with Gasteiger partial charge in [-0.1, -0.05) is 30.3 Å². The highest BCUT2D eigenvalue weighted by atomic mass is 19.2. The highest BCUT2D eigenvalue weighted by molar-refractivity contribution is 6.04. The Morgan fingerprint density at radius 1 is 1.00 bits per heavy atom. The molecule has 2 N–H and O–H groups in total. The van der Waals surface area contributed by atoms with Crippen molar-refractivity contribution < 1.29 is 36.6 Å². The van der Waals surface area contributed by atoms with Crippen molar-refractivity contribution in [1.82, 2.24) is 10.2 Å². The first-order chi connectivity index (χ1) is 15.6. The lowest BCUT2D eigenvalue weighted by Crippen LogP contribution is -2.45. The van der Waals surface area contributed by atoms with Crippen molar-refractivity contribution in [1.29, 1.82) is 0 Å². The first kappa shape index (κ1) is 22.7. The van der Waals surface area contributed by atoms with Crippen LogP contribution in [0.25, 0.3) is 0 Å². The zero-order valence-corrected chi connectivity index (χ0v) is 17.2. The van der Waals surface area contributed by atoms with E-state index in [2.05, 4.69) is 5.32 Å². The molecular formula is C23H17F5N2O3. The summed E-state index contributed by atoms with van der Waals surface area (Å²) in [5, 5.41) is 12.5. The number of carbonyl (C=O) groups is 2. The Kier molecular flexibility index (Phi) is 5.79. The van der Waals surface area contributed by atoms with Crippen molar-refractivity contribution in [2.75, 3.05) is 13.1 Å². The summed E-state index contributed by atoms with van der Waals surface area (Å²) < 4.78 is 70.9. The molecule has 0 bridgehead atoms. The Morgan fingerprint density at radius 2 is 1.58 bits per heavy atom. The Hall–Kier alpha value is -3.53. The number of hydrogen-bond acceptors (Lipinski definition) is 4. The summed E-state index contributed by atoms with van der Waals surface area (Å²) in [7, 11) is 0. The number of carbonyl (C=O) groups excluding carboxylic acids is 1. The van der Waals surface area contributed by atoms with E-state index in [1.165, 1.54) is 6.92 Å². The minimum Gasteiger partial charge on any atom is -0.478 e. The molecule has 0 fully saturated rings. The van der Waals surface area contributed by atoms with E-state index in [1.807, 2.05) is 30.3 Å². The second-order valence-electron chi connectivity index (χ2n) is 7.83. The van der Waals surface area contributed by atoms with Crippen molar-refractivity contribution in [2.45, 2.75) is 19.4 Å². The monoisotopic (exact) mass is 464 g/mol. The number of halogens is 5. The third-order valence-corrected chi connectivity index (χ3v) is 5.71. The van der Waals surface area contributed by atoms with Crippen LogP contribution in [-0.2, 0) is 16.1 Å². The molecule has 0 spiro atoms. The Morgan fingerprint density at radius 3 is 2.15 bits per heavy atom. The standard InChI is InChI=1S/C23H17F5N2O3/c1-10-14(23(32)33)16(17-18(24)20(26)22(28)21(27)19(17)25)15-12(29-10)8-30(9-13(15)31)7-11-5-3-2-4-6-11/h2-6,16,29H,7-9H2,1H3,(H,32,33). The fourth-order valence-corrected chi connectivity index (χ4v) is 4.32. The van der Waals surface area contributed by atoms with Crippen LogP contribution in [0, 0.1) is 29.1 Å². The molecule has 0 aliphatic carbocycles. The van der Waals surface area contributed by atoms with Gasteiger partial charge in [0.05, 0.1) is 18.0 Å². The normalized spacial score (nSPS) is 19.0. The summed E-state index contributed by atoms with van der Waals surface area (Å²) in [5.74, 6) is -15.4. The van der Waals surface area contributed by atoms with Crippen molar-refractivity contribution in [3.63, 3.8) is 0 Å². The first-order valence-electron chi connectivity index (χ1n) is 9.86. The summed E-state index contributed by atoms with van der Waals surface area (Å²) in [6.07, 6.45) is 0. The van der Waals surface area contributed by atoms with Crippen molar-refractivity contribution in [3.8, 4) is 0 Å². The van der Waals surface area contributed by atoms with Crippen molar-refractivity contribution in [3.05, 3.63) is 93.1 Å². The van der Waals surface area contributed by atoms with Crippen LogP contribution in [0.4, 0.5) is 22.0 Å². The van der Waals surface area contributed by atoms with Crippen molar-refractivity contribution in [2.24, 2.45) is 0 Å². The molecule has 1 atom stereocenters. The number of nitrogens with zero attached hydrogens (tertiary/aromatic N) is 1. The lowest BCUT2D eigenvalue weighted by molar-refractivity contribution is -0.133. The maximum Gasteiger partial charge on any atom is 0.334 e. The van der Waals surface area contributed by atoms with Gasteiger partial charge < -0.3 is 10.4 Å². The van der Waals surface area contributed by atoms with E-state index in [9.17, 15) is 36.6 Å². The second-order valence-corrected chi connectivity index (χ2v) is 7.83. The molecule has 33 heavy (non-hydrogen) atoms. The highest BCUT2D eigenvalue weighted by Crippen LogP contribution is 2.43. The number of ketones is 1. The lowest BCUT2D eigenvalue weighted by Gasteiger charge is -2.37. The number of aliphatic carboxylic acids is 1. The number of hydrogen-bond donors (Lipinski definition) is 2. The van der Waals surface area contributed by atoms with Gasteiger partial charge >= 0.3 is 5.97 Å². The molecule has 1 unspecified atom stereocenters. The van der Waals surface area contributed by atoms with E-state index in [0.29, 0.717) is 6.54 Å². The molecule has 4 rings (SSSR count). The average Bonchev–Trinajstić information content (AvgIpc) is 2.76. The Bertz CT molecular complexity index is 1210. The number of Topliss-reactive ketones (excluding diaryl/α,β-unsaturated/α-hetero) is 1. The number of carboxylic acid groups (broad SMARTS) is 1. The molecule has 0 amide bonds. The van der Waals surface area contributed by atoms with E-state index in [-0.39, 0.29) is 30.1 Å². The van der Waals surface area contributed by atoms with Gasteiger partial charge in [-0.05, 0) is 12.5 Å². The first-order valence-corrected chi connectivity index (χ1v) is 9.86. The Balaban J connectivity index is 1.86. The van der Waals surface area contributed by atoms with Gasteiger partial charge in [0.1, 0.15) is 0 Å². The fourth-order valence-electron chi connectivity index (χ4n) is 4.32. The molecule has 2 aromatic rings. The minimum absolute atomic E-state index is 0.0652. The minimum atomic E-state index is -2.36. The quantitative estimate of drug-likeness (QED) is 0.410. The zero-order valence-electron chi connectivity index (χ0n) is 17.2. The van der Waals surface area contributed by atoms with Crippen molar-refractivity contribution >= 4 is 11.8 Å². The van der Waals surface area contributed by atoms with Crippen LogP contribution in [0.5, 0.6) is 0 Å². The molecule has 0 aromatic heterocycles. The summed E-state index contributed by atoms with van der Waals surface area (Å²) in [6.45, 7) is 1.50. The molecule has 10 heteroatoms. The lowest BCUT2D eigenvalue weighted by atomic mass is 9.76. The zero-order chi connectivity index (χ0) is 24.0. The van der Waals surface area contributed by atoms with Crippen LogP contribution in [0.1, 0.15) is 24.0 Å². The van der Waals surface area contributed by atoms with E-state index in [0.717, 1.165) is 5.56 Å². The largest absolute Gasteiger partial charge is 0.478 e. The smallest absolute Gasteiger partial charge is 0.334 e. The third kappa shape index (κ3) is 3.80. The van der Waals surface area contributed by atoms with E-state index in [1.54, 1.807) is 4.90 Å². The van der Waals surface area contributed by atoms with Crippen LogP contribution in [-0.4, -0.2) is 34.8 Å². The van der Waals surface area contributed by atoms with Gasteiger partial charge in [0.2, 0.25) is 5.82 Å². The predicted molar refractivity (Wildman–Crippen MR) is 106 cm³/mol. The van der Waals surface area contributed by atoms with Gasteiger partial charge in [-0.2, -0.15) is 0 Å². The highest BCUT2D eigenvalue weighted by Gasteiger charge is 2.44. The van der Waals surface area contributed by atoms with Crippen LogP contribution in [0.2, 0.25) is 0 Å². The molecule has 0 saturated carbocycles. The molecule has 2 aliphatic rings. The topological polar surface area (TPSA) is 69.6 Å². The van der Waals surface area contributed by atoms with Crippen LogP contribution >= 0.6 is 0 Å². The predicted octanol–water partition coefficient (Wildman–Crippen LogP) is 3.77. The van der Waals surface area contributed by atoms with Gasteiger partial charge in [-0.15, -0.1) is 0 Å². The maximum atomic E-state index is 14.7. The number of allylic oxidation sites excluding steroid dienone is 1. The van der Waals surface area contributed by atoms with Gasteiger partial charge in [0.15, 0.2) is 29.1 Å². The molecular weight excluding hydrogens is 447 g/mol. The van der Waals surface area contributed by atoms with Gasteiger partial charge in [-0.3, -0.25) is 9.69 Å². The maximum absolute atomic E-state index is 14.7.